The molecule has 0 aromatic heterocycles. The molecule has 2 rings (SSSR count). The molecule has 2 heterocycles. The highest BCUT2D eigenvalue weighted by Crippen LogP contribution is 2.28. The van der Waals surface area contributed by atoms with E-state index in [-0.39, 0.29) is 6.03 Å². The lowest BCUT2D eigenvalue weighted by atomic mass is 9.89. The number of carboxylic acid groups (broad SMARTS) is 1. The third kappa shape index (κ3) is 3.87. The van der Waals surface area contributed by atoms with Crippen LogP contribution in [0.1, 0.15) is 45.4 Å². The number of piperidine rings is 1. The number of carbonyl (C=O) groups excluding carboxylic acids is 1. The number of likely N-dealkylation sites (tertiary alicyclic amines) is 2. The van der Waals surface area contributed by atoms with Crippen molar-refractivity contribution >= 4 is 12.0 Å². The molecular weight excluding hydrogens is 270 g/mol. The van der Waals surface area contributed by atoms with Crippen molar-refractivity contribution in [3.63, 3.8) is 0 Å². The van der Waals surface area contributed by atoms with Crippen LogP contribution in [0.3, 0.4) is 0 Å². The number of amides is 2. The summed E-state index contributed by atoms with van der Waals surface area (Å²) < 4.78 is 0. The molecule has 2 aliphatic rings. The normalized spacial score (nSPS) is 26.8. The summed E-state index contributed by atoms with van der Waals surface area (Å²) in [5.74, 6) is -0.908. The summed E-state index contributed by atoms with van der Waals surface area (Å²) >= 11 is 0. The quantitative estimate of drug-likeness (QED) is 0.755. The van der Waals surface area contributed by atoms with Crippen LogP contribution in [-0.2, 0) is 4.79 Å². The zero-order valence-corrected chi connectivity index (χ0v) is 12.9. The van der Waals surface area contributed by atoms with E-state index in [0.717, 1.165) is 38.9 Å². The molecule has 0 bridgehead atoms. The third-order valence-corrected chi connectivity index (χ3v) is 4.72. The summed E-state index contributed by atoms with van der Waals surface area (Å²) in [6.07, 6.45) is 5.74. The van der Waals surface area contributed by atoms with Gasteiger partial charge in [0.2, 0.25) is 0 Å². The first kappa shape index (κ1) is 16.1. The Morgan fingerprint density at radius 1 is 1.14 bits per heavy atom. The second-order valence-electron chi connectivity index (χ2n) is 6.32. The predicted molar refractivity (Wildman–Crippen MR) is 80.3 cm³/mol. The van der Waals surface area contributed by atoms with Crippen molar-refractivity contribution < 1.29 is 14.7 Å². The van der Waals surface area contributed by atoms with Gasteiger partial charge in [-0.3, -0.25) is 0 Å². The van der Waals surface area contributed by atoms with E-state index in [0.29, 0.717) is 19.5 Å². The van der Waals surface area contributed by atoms with E-state index < -0.39 is 11.5 Å². The van der Waals surface area contributed by atoms with Crippen LogP contribution < -0.4 is 5.32 Å². The van der Waals surface area contributed by atoms with Crippen LogP contribution >= 0.6 is 0 Å². The number of nitrogens with zero attached hydrogens (tertiary/aromatic N) is 2. The third-order valence-electron chi connectivity index (χ3n) is 4.72. The molecule has 2 aliphatic heterocycles. The maximum Gasteiger partial charge on any atom is 0.329 e. The van der Waals surface area contributed by atoms with Crippen LogP contribution in [0.5, 0.6) is 0 Å². The second-order valence-corrected chi connectivity index (χ2v) is 6.32. The SMILES string of the molecule is CC1(C(=O)O)CCCCN1C(=O)NCCCN1CCCC1. The minimum Gasteiger partial charge on any atom is -0.480 e. The summed E-state index contributed by atoms with van der Waals surface area (Å²) in [5.41, 5.74) is -1.06. The molecule has 0 aromatic carbocycles. The van der Waals surface area contributed by atoms with Crippen molar-refractivity contribution in [3.8, 4) is 0 Å². The van der Waals surface area contributed by atoms with Gasteiger partial charge in [0.15, 0.2) is 0 Å². The number of carboxylic acids is 1. The maximum absolute atomic E-state index is 12.3. The standard InChI is InChI=1S/C15H27N3O3/c1-15(13(19)20)7-2-3-12-18(15)14(21)16-8-6-11-17-9-4-5-10-17/h2-12H2,1H3,(H,16,21)(H,19,20). The largest absolute Gasteiger partial charge is 0.480 e. The highest BCUT2D eigenvalue weighted by Gasteiger charge is 2.43. The highest BCUT2D eigenvalue weighted by atomic mass is 16.4. The molecule has 1 atom stereocenters. The van der Waals surface area contributed by atoms with Crippen molar-refractivity contribution in [2.24, 2.45) is 0 Å². The molecular formula is C15H27N3O3. The molecule has 21 heavy (non-hydrogen) atoms. The molecule has 6 nitrogen and oxygen atoms in total. The Hall–Kier alpha value is -1.30. The minimum atomic E-state index is -1.06. The number of rotatable bonds is 5. The van der Waals surface area contributed by atoms with Crippen molar-refractivity contribution in [1.29, 1.82) is 0 Å². The van der Waals surface area contributed by atoms with Gasteiger partial charge >= 0.3 is 12.0 Å². The summed E-state index contributed by atoms with van der Waals surface area (Å²) in [6, 6.07) is -0.235. The van der Waals surface area contributed by atoms with Crippen LogP contribution in [0.15, 0.2) is 0 Å². The fourth-order valence-corrected chi connectivity index (χ4v) is 3.27. The van der Waals surface area contributed by atoms with E-state index in [1.165, 1.54) is 17.7 Å². The number of hydrogen-bond acceptors (Lipinski definition) is 3. The van der Waals surface area contributed by atoms with Gasteiger partial charge in [-0.05, 0) is 65.1 Å². The van der Waals surface area contributed by atoms with Crippen LogP contribution in [-0.4, -0.2) is 65.2 Å². The fourth-order valence-electron chi connectivity index (χ4n) is 3.27. The molecule has 2 saturated heterocycles. The number of nitrogens with one attached hydrogen (secondary N) is 1. The smallest absolute Gasteiger partial charge is 0.329 e. The van der Waals surface area contributed by atoms with E-state index >= 15 is 0 Å². The van der Waals surface area contributed by atoms with Gasteiger partial charge in [0.1, 0.15) is 5.54 Å². The lowest BCUT2D eigenvalue weighted by Gasteiger charge is -2.41. The van der Waals surface area contributed by atoms with Gasteiger partial charge in [-0.15, -0.1) is 0 Å². The van der Waals surface area contributed by atoms with Crippen LogP contribution in [0.2, 0.25) is 0 Å². The average Bonchev–Trinajstić information content (AvgIpc) is 2.97. The van der Waals surface area contributed by atoms with Crippen molar-refractivity contribution in [3.05, 3.63) is 0 Å². The number of carbonyl (C=O) groups is 2. The van der Waals surface area contributed by atoms with Crippen molar-refractivity contribution in [2.45, 2.75) is 51.0 Å². The summed E-state index contributed by atoms with van der Waals surface area (Å²) in [6.45, 7) is 6.13. The molecule has 0 saturated carbocycles. The van der Waals surface area contributed by atoms with Crippen LogP contribution in [0.25, 0.3) is 0 Å². The second kappa shape index (κ2) is 7.11. The Balaban J connectivity index is 1.76. The fraction of sp³-hybridized carbons (Fsp3) is 0.867. The van der Waals surface area contributed by atoms with Crippen LogP contribution in [0.4, 0.5) is 4.79 Å². The molecule has 0 aliphatic carbocycles. The van der Waals surface area contributed by atoms with E-state index in [1.807, 2.05) is 0 Å². The Kier molecular flexibility index (Phi) is 5.45. The Labute approximate surface area is 126 Å². The molecule has 2 fully saturated rings. The summed E-state index contributed by atoms with van der Waals surface area (Å²) in [4.78, 5) is 27.6. The lowest BCUT2D eigenvalue weighted by Crippen LogP contribution is -2.60. The number of hydrogen-bond donors (Lipinski definition) is 2. The maximum atomic E-state index is 12.3. The molecule has 2 N–H and O–H groups in total. The van der Waals surface area contributed by atoms with Gasteiger partial charge < -0.3 is 20.2 Å². The molecule has 6 heteroatoms. The van der Waals surface area contributed by atoms with E-state index in [2.05, 4.69) is 10.2 Å². The molecule has 0 spiro atoms. The van der Waals surface area contributed by atoms with Crippen molar-refractivity contribution in [1.82, 2.24) is 15.1 Å². The first-order chi connectivity index (χ1) is 10.0. The zero-order valence-electron chi connectivity index (χ0n) is 12.9. The first-order valence-corrected chi connectivity index (χ1v) is 8.05. The van der Waals surface area contributed by atoms with Gasteiger partial charge in [0, 0.05) is 13.1 Å². The van der Waals surface area contributed by atoms with E-state index in [9.17, 15) is 14.7 Å². The molecule has 120 valence electrons. The zero-order chi connectivity index (χ0) is 15.3. The summed E-state index contributed by atoms with van der Waals surface area (Å²) in [7, 11) is 0. The highest BCUT2D eigenvalue weighted by molar-refractivity contribution is 5.86. The predicted octanol–water partition coefficient (Wildman–Crippen LogP) is 1.51. The Bertz CT molecular complexity index is 382. The van der Waals surface area contributed by atoms with Gasteiger partial charge in [-0.1, -0.05) is 0 Å². The van der Waals surface area contributed by atoms with Gasteiger partial charge in [0.05, 0.1) is 0 Å². The number of urea groups is 1. The number of aliphatic carboxylic acids is 1. The van der Waals surface area contributed by atoms with Gasteiger partial charge in [-0.2, -0.15) is 0 Å². The average molecular weight is 297 g/mol. The van der Waals surface area contributed by atoms with Gasteiger partial charge in [-0.25, -0.2) is 9.59 Å². The first-order valence-electron chi connectivity index (χ1n) is 8.05. The lowest BCUT2D eigenvalue weighted by molar-refractivity contribution is -0.150. The molecule has 2 amide bonds. The van der Waals surface area contributed by atoms with E-state index in [1.54, 1.807) is 6.92 Å². The molecule has 0 aromatic rings. The molecule has 1 unspecified atom stereocenters. The minimum absolute atomic E-state index is 0.235. The summed E-state index contributed by atoms with van der Waals surface area (Å²) in [5, 5.41) is 12.3. The van der Waals surface area contributed by atoms with Crippen LogP contribution in [0, 0.1) is 0 Å². The Morgan fingerprint density at radius 2 is 1.81 bits per heavy atom. The van der Waals surface area contributed by atoms with Gasteiger partial charge in [0.25, 0.3) is 0 Å². The van der Waals surface area contributed by atoms with E-state index in [4.69, 9.17) is 0 Å². The monoisotopic (exact) mass is 297 g/mol. The molecule has 0 radical (unpaired) electrons. The Morgan fingerprint density at radius 3 is 2.48 bits per heavy atom. The van der Waals surface area contributed by atoms with Crippen molar-refractivity contribution in [2.75, 3.05) is 32.7 Å². The topological polar surface area (TPSA) is 72.9 Å².